The van der Waals surface area contributed by atoms with Gasteiger partial charge in [-0.3, -0.25) is 0 Å². The molecule has 0 unspecified atom stereocenters. The smallest absolute Gasteiger partial charge is 0.243 e. The summed E-state index contributed by atoms with van der Waals surface area (Å²) in [7, 11) is -3.92. The van der Waals surface area contributed by atoms with E-state index in [4.69, 9.17) is 0 Å². The summed E-state index contributed by atoms with van der Waals surface area (Å²) in [6, 6.07) is 4.29. The average Bonchev–Trinajstić information content (AvgIpc) is 2.06. The molecule has 0 aliphatic rings. The first-order valence-corrected chi connectivity index (χ1v) is 4.36. The number of hydrogen-bond donors (Lipinski definition) is 0. The normalized spacial score (nSPS) is 10.3. The Morgan fingerprint density at radius 3 is 2.67 bits per heavy atom. The fraction of sp³-hybridized carbons (Fsp3) is 0. The molecule has 1 heterocycles. The van der Waals surface area contributed by atoms with Crippen LogP contribution in [0.3, 0.4) is 0 Å². The lowest BCUT2D eigenvalue weighted by molar-refractivity contribution is 0.563. The molecule has 12 heavy (non-hydrogen) atoms. The van der Waals surface area contributed by atoms with Gasteiger partial charge in [0.2, 0.25) is 0 Å². The number of rotatable bonds is 2. The molecule has 0 saturated carbocycles. The van der Waals surface area contributed by atoms with Crippen LogP contribution in [0, 0.1) is 0 Å². The first kappa shape index (κ1) is 8.58. The van der Waals surface area contributed by atoms with Gasteiger partial charge in [0, 0.05) is 6.20 Å². The molecule has 0 saturated heterocycles. The van der Waals surface area contributed by atoms with Crippen LogP contribution in [-0.4, -0.2) is 19.5 Å². The molecule has 1 aromatic rings. The lowest BCUT2D eigenvalue weighted by Crippen LogP contribution is -1.98. The molecule has 62 valence electrons. The fourth-order valence-corrected chi connectivity index (χ4v) is 1.23. The molecule has 5 nitrogen and oxygen atoms in total. The lowest BCUT2D eigenvalue weighted by atomic mass is 10.5. The standard InChI is InChI=1S/C6H4N2O3S/c9-5-8-12(10,11)6-3-1-2-4-7-6/h1-4H. The Kier molecular flexibility index (Phi) is 2.32. The molecule has 0 atom stereocenters. The van der Waals surface area contributed by atoms with Crippen LogP contribution in [-0.2, 0) is 14.8 Å². The summed E-state index contributed by atoms with van der Waals surface area (Å²) in [4.78, 5) is 13.2. The van der Waals surface area contributed by atoms with Gasteiger partial charge in [-0.1, -0.05) is 10.5 Å². The topological polar surface area (TPSA) is 76.5 Å². The van der Waals surface area contributed by atoms with Crippen molar-refractivity contribution >= 4 is 16.1 Å². The third-order valence-electron chi connectivity index (χ3n) is 1.06. The van der Waals surface area contributed by atoms with Crippen LogP contribution < -0.4 is 0 Å². The predicted molar refractivity (Wildman–Crippen MR) is 39.5 cm³/mol. The Labute approximate surface area is 68.8 Å². The number of carbonyl (C=O) groups excluding carboxylic acids is 1. The average molecular weight is 184 g/mol. The maximum atomic E-state index is 10.9. The van der Waals surface area contributed by atoms with E-state index >= 15 is 0 Å². The molecule has 0 aliphatic heterocycles. The summed E-state index contributed by atoms with van der Waals surface area (Å²) in [5.41, 5.74) is 0. The van der Waals surface area contributed by atoms with E-state index < -0.39 is 10.0 Å². The van der Waals surface area contributed by atoms with Gasteiger partial charge in [-0.25, -0.2) is 9.78 Å². The Morgan fingerprint density at radius 1 is 1.42 bits per heavy atom. The first-order chi connectivity index (χ1) is 5.67. The van der Waals surface area contributed by atoms with Crippen LogP contribution in [0.4, 0.5) is 0 Å². The van der Waals surface area contributed by atoms with Gasteiger partial charge >= 0.3 is 10.0 Å². The van der Waals surface area contributed by atoms with Gasteiger partial charge in [0.25, 0.3) is 6.08 Å². The predicted octanol–water partition coefficient (Wildman–Crippen LogP) is 0.106. The van der Waals surface area contributed by atoms with Crippen LogP contribution in [0.25, 0.3) is 0 Å². The molecule has 0 fully saturated rings. The van der Waals surface area contributed by atoms with Crippen LogP contribution in [0.5, 0.6) is 0 Å². The van der Waals surface area contributed by atoms with Gasteiger partial charge in [-0.2, -0.15) is 8.42 Å². The summed E-state index contributed by atoms with van der Waals surface area (Å²) >= 11 is 0. The molecule has 0 spiro atoms. The van der Waals surface area contributed by atoms with Crippen molar-refractivity contribution in [1.82, 2.24) is 4.98 Å². The molecule has 6 heteroatoms. The highest BCUT2D eigenvalue weighted by Crippen LogP contribution is 2.05. The fourth-order valence-electron chi connectivity index (χ4n) is 0.596. The molecule has 0 radical (unpaired) electrons. The second-order valence-corrected chi connectivity index (χ2v) is 3.38. The summed E-state index contributed by atoms with van der Waals surface area (Å²) < 4.78 is 24.5. The number of nitrogens with zero attached hydrogens (tertiary/aromatic N) is 2. The van der Waals surface area contributed by atoms with Crippen LogP contribution in [0.1, 0.15) is 0 Å². The van der Waals surface area contributed by atoms with E-state index in [0.29, 0.717) is 0 Å². The van der Waals surface area contributed by atoms with Crippen molar-refractivity contribution in [3.63, 3.8) is 0 Å². The zero-order valence-electron chi connectivity index (χ0n) is 5.84. The molecule has 1 aromatic heterocycles. The number of isocyanates is 1. The van der Waals surface area contributed by atoms with Gasteiger partial charge in [-0.05, 0) is 12.1 Å². The van der Waals surface area contributed by atoms with E-state index in [1.54, 1.807) is 6.07 Å². The largest absolute Gasteiger partial charge is 0.310 e. The van der Waals surface area contributed by atoms with Crippen LogP contribution in [0.2, 0.25) is 0 Å². The van der Waals surface area contributed by atoms with Gasteiger partial charge in [0.1, 0.15) is 0 Å². The van der Waals surface area contributed by atoms with Gasteiger partial charge in [0.15, 0.2) is 5.03 Å². The molecule has 0 aliphatic carbocycles. The summed E-state index contributed by atoms with van der Waals surface area (Å²) in [6.07, 6.45) is 2.25. The molecule has 0 aromatic carbocycles. The van der Waals surface area contributed by atoms with E-state index in [2.05, 4.69) is 9.38 Å². The molecule has 0 bridgehead atoms. The van der Waals surface area contributed by atoms with Crippen molar-refractivity contribution in [2.24, 2.45) is 4.40 Å². The minimum Gasteiger partial charge on any atom is -0.243 e. The summed E-state index contributed by atoms with van der Waals surface area (Å²) in [5.74, 6) is 0. The van der Waals surface area contributed by atoms with E-state index in [9.17, 15) is 13.2 Å². The van der Waals surface area contributed by atoms with Crippen molar-refractivity contribution in [2.75, 3.05) is 0 Å². The number of hydrogen-bond acceptors (Lipinski definition) is 4. The van der Waals surface area contributed by atoms with E-state index in [0.717, 1.165) is 6.08 Å². The molecule has 0 N–H and O–H groups in total. The minimum atomic E-state index is -3.92. The minimum absolute atomic E-state index is 0.256. The van der Waals surface area contributed by atoms with Gasteiger partial charge in [0.05, 0.1) is 0 Å². The third kappa shape index (κ3) is 1.75. The highest BCUT2D eigenvalue weighted by atomic mass is 32.2. The molecule has 1 rings (SSSR count). The number of sulfonamides is 1. The Morgan fingerprint density at radius 2 is 2.17 bits per heavy atom. The third-order valence-corrected chi connectivity index (χ3v) is 2.14. The zero-order chi connectivity index (χ0) is 9.03. The van der Waals surface area contributed by atoms with E-state index in [1.807, 2.05) is 0 Å². The SMILES string of the molecule is O=C=NS(=O)(=O)c1ccccn1. The van der Waals surface area contributed by atoms with Crippen LogP contribution in [0.15, 0.2) is 33.8 Å². The summed E-state index contributed by atoms with van der Waals surface area (Å²) in [5, 5.41) is -0.256. The second-order valence-electron chi connectivity index (χ2n) is 1.83. The van der Waals surface area contributed by atoms with Crippen molar-refractivity contribution in [2.45, 2.75) is 5.03 Å². The maximum Gasteiger partial charge on any atom is 0.310 e. The molecular formula is C6H4N2O3S. The number of aromatic nitrogens is 1. The summed E-state index contributed by atoms with van der Waals surface area (Å²) in [6.45, 7) is 0. The second kappa shape index (κ2) is 3.25. The Bertz CT molecular complexity index is 406. The van der Waals surface area contributed by atoms with E-state index in [-0.39, 0.29) is 5.03 Å². The Balaban J connectivity index is 3.25. The zero-order valence-corrected chi connectivity index (χ0v) is 6.65. The van der Waals surface area contributed by atoms with Crippen molar-refractivity contribution < 1.29 is 13.2 Å². The highest BCUT2D eigenvalue weighted by Gasteiger charge is 2.12. The van der Waals surface area contributed by atoms with Crippen molar-refractivity contribution in [3.8, 4) is 0 Å². The lowest BCUT2D eigenvalue weighted by Gasteiger charge is -1.91. The van der Waals surface area contributed by atoms with Crippen LogP contribution >= 0.6 is 0 Å². The molecular weight excluding hydrogens is 180 g/mol. The highest BCUT2D eigenvalue weighted by molar-refractivity contribution is 7.90. The van der Waals surface area contributed by atoms with Gasteiger partial charge in [-0.15, -0.1) is 0 Å². The number of pyridine rings is 1. The Hall–Kier alpha value is -1.52. The maximum absolute atomic E-state index is 10.9. The monoisotopic (exact) mass is 184 g/mol. The first-order valence-electron chi connectivity index (χ1n) is 2.92. The molecule has 0 amide bonds. The quantitative estimate of drug-likeness (QED) is 0.482. The van der Waals surface area contributed by atoms with Gasteiger partial charge < -0.3 is 0 Å². The van der Waals surface area contributed by atoms with Crippen molar-refractivity contribution in [1.29, 1.82) is 0 Å². The van der Waals surface area contributed by atoms with E-state index in [1.165, 1.54) is 18.3 Å². The van der Waals surface area contributed by atoms with Crippen molar-refractivity contribution in [3.05, 3.63) is 24.4 Å².